The maximum atomic E-state index is 13.2. The predicted molar refractivity (Wildman–Crippen MR) is 218 cm³/mol. The van der Waals surface area contributed by atoms with Crippen molar-refractivity contribution in [2.24, 2.45) is 50.2 Å². The van der Waals surface area contributed by atoms with Crippen molar-refractivity contribution in [3.05, 3.63) is 11.6 Å². The fraction of sp³-hybridized carbons (Fsp3) is 0.841. The van der Waals surface area contributed by atoms with Gasteiger partial charge in [-0.3, -0.25) is 14.4 Å². The second kappa shape index (κ2) is 15.9. The highest BCUT2D eigenvalue weighted by Crippen LogP contribution is 2.76. The summed E-state index contributed by atoms with van der Waals surface area (Å²) < 4.78 is 37.6. The van der Waals surface area contributed by atoms with E-state index in [0.29, 0.717) is 18.3 Å². The van der Waals surface area contributed by atoms with Gasteiger partial charge in [0.1, 0.15) is 0 Å². The van der Waals surface area contributed by atoms with Crippen LogP contribution in [-0.2, 0) is 57.1 Å². The molecule has 12 nitrogen and oxygen atoms in total. The van der Waals surface area contributed by atoms with Gasteiger partial charge < -0.3 is 33.2 Å². The largest absolute Gasteiger partial charge is 0.469 e. The molecule has 15 heteroatoms. The summed E-state index contributed by atoms with van der Waals surface area (Å²) >= 11 is 17.8. The molecule has 0 amide bonds. The Morgan fingerprint density at radius 3 is 1.97 bits per heavy atom. The molecule has 5 aliphatic carbocycles. The zero-order chi connectivity index (χ0) is 43.9. The fourth-order valence-electron chi connectivity index (χ4n) is 13.4. The zero-order valence-corrected chi connectivity index (χ0v) is 38.6. The topological polar surface area (TPSA) is 150 Å². The van der Waals surface area contributed by atoms with Crippen LogP contribution in [-0.4, -0.2) is 84.7 Å². The number of carbonyl (C=O) groups is 5. The SMILES string of the molecule is COC(=O)[C@H]1O[C@@H](O[C@H]2CC[C@]3(C)[C@H]4CC=C5[C@@H]6C[C@@](C)(C(=O)OC)CC[C@]6(C)CC[C@@]5(C)[C@]4(C)CC[C@H]3C2(C)C)[C@H](OC(=O)C(Cl)(Cl)Cl)[C@@H](OC(C)=O)[C@@H]1OC(C)=O. The van der Waals surface area contributed by atoms with Crippen molar-refractivity contribution in [2.45, 2.75) is 167 Å². The highest BCUT2D eigenvalue weighted by molar-refractivity contribution is 6.75. The Labute approximate surface area is 363 Å². The van der Waals surface area contributed by atoms with Crippen molar-refractivity contribution >= 4 is 64.6 Å². The minimum Gasteiger partial charge on any atom is -0.469 e. The fourth-order valence-corrected chi connectivity index (χ4v) is 13.5. The molecule has 59 heavy (non-hydrogen) atoms. The smallest absolute Gasteiger partial charge is 0.359 e. The number of halogens is 3. The first-order valence-electron chi connectivity index (χ1n) is 21.0. The van der Waals surface area contributed by atoms with Crippen molar-refractivity contribution in [3.8, 4) is 0 Å². The molecule has 1 saturated heterocycles. The first kappa shape index (κ1) is 46.4. The van der Waals surface area contributed by atoms with Gasteiger partial charge in [0.2, 0.25) is 0 Å². The molecule has 14 atom stereocenters. The standard InChI is InChI=1S/C44H63Cl3O12/c1-23(48)55-30-31(56-24(2)49)33(59-37(52)44(45,46)47)35(58-32(30)34(50)53-10)57-29-15-16-41(7)27(38(29,3)4)14-17-43(9)28(41)13-12-25-26-22-40(6,36(51)54-11)19-18-39(26,5)20-21-42(25,43)8/h12,26-33,35H,13-22H2,1-11H3/t26-,27-,28+,29-,30-,31-,32-,33+,35+,39+,40-,41-,42+,43+/m0/s1. The molecular formula is C44H63Cl3O12. The van der Waals surface area contributed by atoms with E-state index in [1.165, 1.54) is 12.7 Å². The van der Waals surface area contributed by atoms with E-state index in [9.17, 15) is 24.0 Å². The number of hydrogen-bond donors (Lipinski definition) is 0. The maximum Gasteiger partial charge on any atom is 0.359 e. The average molecular weight is 890 g/mol. The summed E-state index contributed by atoms with van der Waals surface area (Å²) in [4.78, 5) is 64.3. The molecule has 6 rings (SSSR count). The summed E-state index contributed by atoms with van der Waals surface area (Å²) in [6, 6.07) is 0. The van der Waals surface area contributed by atoms with Crippen LogP contribution < -0.4 is 0 Å². The van der Waals surface area contributed by atoms with Crippen molar-refractivity contribution < 1.29 is 57.1 Å². The highest BCUT2D eigenvalue weighted by atomic mass is 35.6. The van der Waals surface area contributed by atoms with Gasteiger partial charge in [0, 0.05) is 13.8 Å². The number of methoxy groups -OCH3 is 2. The van der Waals surface area contributed by atoms with E-state index in [2.05, 4.69) is 54.5 Å². The Morgan fingerprint density at radius 2 is 1.37 bits per heavy atom. The van der Waals surface area contributed by atoms with Gasteiger partial charge in [-0.1, -0.05) is 88.0 Å². The Bertz CT molecular complexity index is 1740. The van der Waals surface area contributed by atoms with Gasteiger partial charge in [0.25, 0.3) is 3.79 Å². The molecule has 1 heterocycles. The second-order valence-corrected chi connectivity index (χ2v) is 22.5. The van der Waals surface area contributed by atoms with E-state index in [-0.39, 0.29) is 33.5 Å². The van der Waals surface area contributed by atoms with E-state index in [1.807, 2.05) is 0 Å². The molecule has 0 spiro atoms. The predicted octanol–water partition coefficient (Wildman–Crippen LogP) is 8.39. The van der Waals surface area contributed by atoms with Crippen LogP contribution in [0, 0.1) is 50.2 Å². The van der Waals surface area contributed by atoms with Crippen LogP contribution in [0.1, 0.15) is 127 Å². The zero-order valence-electron chi connectivity index (χ0n) is 36.4. The molecule has 4 saturated carbocycles. The Hall–Kier alpha value is -2.12. The first-order valence-corrected chi connectivity index (χ1v) is 22.2. The Morgan fingerprint density at radius 1 is 0.746 bits per heavy atom. The number of ether oxygens (including phenoxy) is 7. The first-order chi connectivity index (χ1) is 27.2. The lowest BCUT2D eigenvalue weighted by Crippen LogP contribution is -2.67. The Kier molecular flexibility index (Phi) is 12.5. The van der Waals surface area contributed by atoms with Crippen molar-refractivity contribution in [3.63, 3.8) is 0 Å². The third-order valence-electron chi connectivity index (χ3n) is 16.8. The molecule has 0 aromatic rings. The molecule has 5 fully saturated rings. The number of alkyl halides is 3. The molecule has 0 bridgehead atoms. The van der Waals surface area contributed by atoms with Crippen LogP contribution in [0.25, 0.3) is 0 Å². The number of fused-ring (bicyclic) bond motifs is 7. The van der Waals surface area contributed by atoms with Gasteiger partial charge in [-0.05, 0) is 116 Å². The van der Waals surface area contributed by atoms with Crippen molar-refractivity contribution in [1.82, 2.24) is 0 Å². The average Bonchev–Trinajstić information content (AvgIpc) is 3.14. The Balaban J connectivity index is 1.32. The van der Waals surface area contributed by atoms with Gasteiger partial charge >= 0.3 is 29.8 Å². The minimum absolute atomic E-state index is 0.00617. The van der Waals surface area contributed by atoms with Crippen LogP contribution in [0.3, 0.4) is 0 Å². The van der Waals surface area contributed by atoms with Crippen molar-refractivity contribution in [2.75, 3.05) is 14.2 Å². The summed E-state index contributed by atoms with van der Waals surface area (Å²) in [5.74, 6) is -3.14. The van der Waals surface area contributed by atoms with Crippen LogP contribution in [0.5, 0.6) is 0 Å². The normalized spacial score (nSPS) is 43.8. The molecule has 6 aliphatic rings. The van der Waals surface area contributed by atoms with E-state index in [0.717, 1.165) is 78.7 Å². The van der Waals surface area contributed by atoms with Gasteiger partial charge in [0.15, 0.2) is 30.7 Å². The quantitative estimate of drug-likeness (QED) is 0.0795. The third kappa shape index (κ3) is 7.73. The van der Waals surface area contributed by atoms with E-state index in [4.69, 9.17) is 68.0 Å². The molecular weight excluding hydrogens is 827 g/mol. The lowest BCUT2D eigenvalue weighted by Gasteiger charge is -2.71. The summed E-state index contributed by atoms with van der Waals surface area (Å²) in [5.41, 5.74) is 0.588. The minimum atomic E-state index is -2.54. The molecule has 0 aromatic heterocycles. The number of allylic oxidation sites excluding steroid dienone is 2. The molecule has 1 aliphatic heterocycles. The van der Waals surface area contributed by atoms with Crippen LogP contribution in [0.15, 0.2) is 11.6 Å². The molecule has 0 unspecified atom stereocenters. The van der Waals surface area contributed by atoms with Crippen LogP contribution >= 0.6 is 34.8 Å². The molecule has 0 radical (unpaired) electrons. The van der Waals surface area contributed by atoms with Crippen LogP contribution in [0.4, 0.5) is 0 Å². The van der Waals surface area contributed by atoms with Gasteiger partial charge in [-0.15, -0.1) is 0 Å². The summed E-state index contributed by atoms with van der Waals surface area (Å²) in [6.45, 7) is 18.6. The second-order valence-electron chi connectivity index (χ2n) is 20.2. The van der Waals surface area contributed by atoms with Gasteiger partial charge in [-0.25, -0.2) is 9.59 Å². The number of hydrogen-bond acceptors (Lipinski definition) is 12. The third-order valence-corrected chi connectivity index (χ3v) is 17.2. The summed E-state index contributed by atoms with van der Waals surface area (Å²) in [7, 11) is 2.63. The number of esters is 5. The summed E-state index contributed by atoms with van der Waals surface area (Å²) in [6.07, 6.45) is 3.29. The van der Waals surface area contributed by atoms with E-state index >= 15 is 0 Å². The van der Waals surface area contributed by atoms with Gasteiger partial charge in [0.05, 0.1) is 25.7 Å². The summed E-state index contributed by atoms with van der Waals surface area (Å²) in [5, 5.41) is 0. The lowest BCUT2D eigenvalue weighted by molar-refractivity contribution is -0.327. The number of rotatable bonds is 7. The van der Waals surface area contributed by atoms with Crippen LogP contribution in [0.2, 0.25) is 0 Å². The monoisotopic (exact) mass is 888 g/mol. The molecule has 332 valence electrons. The van der Waals surface area contributed by atoms with Crippen molar-refractivity contribution in [1.29, 1.82) is 0 Å². The van der Waals surface area contributed by atoms with E-state index < -0.39 is 75.3 Å². The van der Waals surface area contributed by atoms with E-state index in [1.54, 1.807) is 0 Å². The lowest BCUT2D eigenvalue weighted by atomic mass is 9.33. The number of carbonyl (C=O) groups excluding carboxylic acids is 5. The highest BCUT2D eigenvalue weighted by Gasteiger charge is 2.69. The van der Waals surface area contributed by atoms with Gasteiger partial charge in [-0.2, -0.15) is 0 Å². The maximum absolute atomic E-state index is 13.2. The molecule has 0 N–H and O–H groups in total. The molecule has 0 aromatic carbocycles.